The number of benzene rings is 2. The average Bonchev–Trinajstić information content (AvgIpc) is 3.30. The zero-order valence-electron chi connectivity index (χ0n) is 17.8. The first-order valence-corrected chi connectivity index (χ1v) is 9.99. The fraction of sp³-hybridized carbons (Fsp3) is 0.125. The van der Waals surface area contributed by atoms with Crippen LogP contribution < -0.4 is 9.47 Å². The van der Waals surface area contributed by atoms with Crippen LogP contribution in [0.5, 0.6) is 11.5 Å². The molecule has 2 aromatic heterocycles. The van der Waals surface area contributed by atoms with Crippen molar-refractivity contribution >= 4 is 5.97 Å². The number of hydrogen-bond donors (Lipinski definition) is 1. The first-order valence-electron chi connectivity index (χ1n) is 9.99. The third kappa shape index (κ3) is 4.70. The van der Waals surface area contributed by atoms with E-state index >= 15 is 0 Å². The summed E-state index contributed by atoms with van der Waals surface area (Å²) in [6.45, 7) is 0.250. The number of alkyl halides is 3. The summed E-state index contributed by atoms with van der Waals surface area (Å²) in [4.78, 5) is 15.6. The van der Waals surface area contributed by atoms with Crippen molar-refractivity contribution in [1.82, 2.24) is 14.8 Å². The molecule has 0 atom stereocenters. The maximum atomic E-state index is 13.6. The van der Waals surface area contributed by atoms with Gasteiger partial charge in [0.2, 0.25) is 0 Å². The zero-order valence-corrected chi connectivity index (χ0v) is 17.8. The predicted octanol–water partition coefficient (Wildman–Crippen LogP) is 5.24. The van der Waals surface area contributed by atoms with Gasteiger partial charge in [-0.2, -0.15) is 18.3 Å². The average molecular weight is 469 g/mol. The number of para-hydroxylation sites is 1. The van der Waals surface area contributed by atoms with E-state index in [2.05, 4.69) is 10.1 Å². The molecule has 0 spiro atoms. The molecule has 4 rings (SSSR count). The number of carboxylic acids is 1. The van der Waals surface area contributed by atoms with E-state index in [1.165, 1.54) is 12.1 Å². The van der Waals surface area contributed by atoms with Gasteiger partial charge < -0.3 is 14.6 Å². The van der Waals surface area contributed by atoms with Crippen molar-refractivity contribution in [3.63, 3.8) is 0 Å². The lowest BCUT2D eigenvalue weighted by atomic mass is 10.1. The van der Waals surface area contributed by atoms with Gasteiger partial charge in [0.15, 0.2) is 11.5 Å². The summed E-state index contributed by atoms with van der Waals surface area (Å²) in [7, 11) is 1.58. The highest BCUT2D eigenvalue weighted by molar-refractivity contribution is 5.89. The van der Waals surface area contributed by atoms with Gasteiger partial charge in [0.1, 0.15) is 23.7 Å². The number of aromatic carboxylic acids is 1. The van der Waals surface area contributed by atoms with E-state index < -0.39 is 23.4 Å². The van der Waals surface area contributed by atoms with Crippen molar-refractivity contribution in [2.75, 3.05) is 7.11 Å². The molecule has 0 saturated carbocycles. The molecule has 1 N–H and O–H groups in total. The molecule has 0 aliphatic heterocycles. The Labute approximate surface area is 192 Å². The molecule has 0 fully saturated rings. The number of aromatic nitrogens is 3. The van der Waals surface area contributed by atoms with Crippen LogP contribution in [0.25, 0.3) is 17.1 Å². The van der Waals surface area contributed by atoms with Crippen molar-refractivity contribution in [1.29, 1.82) is 0 Å². The minimum atomic E-state index is -4.94. The molecule has 0 bridgehead atoms. The van der Waals surface area contributed by atoms with Crippen molar-refractivity contribution in [2.45, 2.75) is 12.8 Å². The Morgan fingerprint density at radius 3 is 2.44 bits per heavy atom. The Morgan fingerprint density at radius 1 is 1.03 bits per heavy atom. The van der Waals surface area contributed by atoms with E-state index in [4.69, 9.17) is 14.6 Å². The van der Waals surface area contributed by atoms with Gasteiger partial charge in [-0.05, 0) is 42.0 Å². The summed E-state index contributed by atoms with van der Waals surface area (Å²) < 4.78 is 52.4. The second kappa shape index (κ2) is 9.26. The number of ether oxygens (including phenoxy) is 2. The van der Waals surface area contributed by atoms with Crippen LogP contribution in [0, 0.1) is 0 Å². The largest absolute Gasteiger partial charge is 0.497 e. The first-order chi connectivity index (χ1) is 16.3. The number of carboxylic acid groups (broad SMARTS) is 1. The van der Waals surface area contributed by atoms with Crippen LogP contribution >= 0.6 is 0 Å². The number of methoxy groups -OCH3 is 1. The van der Waals surface area contributed by atoms with Crippen molar-refractivity contribution in [2.24, 2.45) is 0 Å². The van der Waals surface area contributed by atoms with Crippen molar-refractivity contribution in [3.8, 4) is 28.6 Å². The number of pyridine rings is 1. The van der Waals surface area contributed by atoms with E-state index in [-0.39, 0.29) is 12.4 Å². The quantitative estimate of drug-likeness (QED) is 0.399. The smallest absolute Gasteiger partial charge is 0.434 e. The molecule has 2 aromatic carbocycles. The van der Waals surface area contributed by atoms with Crippen molar-refractivity contribution < 1.29 is 32.5 Å². The molecule has 174 valence electrons. The molecular formula is C24H18F3N3O4. The van der Waals surface area contributed by atoms with Crippen LogP contribution in [0.1, 0.15) is 21.6 Å². The lowest BCUT2D eigenvalue weighted by Crippen LogP contribution is -2.18. The Balaban J connectivity index is 1.67. The van der Waals surface area contributed by atoms with Crippen LogP contribution in [-0.4, -0.2) is 33.0 Å². The van der Waals surface area contributed by atoms with Gasteiger partial charge in [0.05, 0.1) is 19.0 Å². The molecule has 7 nitrogen and oxygen atoms in total. The molecule has 0 aliphatic rings. The number of rotatable bonds is 7. The molecular weight excluding hydrogens is 451 g/mol. The van der Waals surface area contributed by atoms with Gasteiger partial charge in [-0.15, -0.1) is 0 Å². The molecule has 0 aliphatic carbocycles. The normalized spacial score (nSPS) is 11.3. The number of halogens is 3. The van der Waals surface area contributed by atoms with E-state index in [1.807, 2.05) is 24.3 Å². The van der Waals surface area contributed by atoms with Gasteiger partial charge in [0.25, 0.3) is 0 Å². The third-order valence-corrected chi connectivity index (χ3v) is 4.94. The Hall–Kier alpha value is -4.34. The van der Waals surface area contributed by atoms with Crippen LogP contribution in [-0.2, 0) is 12.8 Å². The standard InChI is InChI=1S/C24H18F3N3O4/c1-33-16-11-9-15(10-12-16)14-34-20-7-3-2-5-17(20)19-6-4-8-21(29-19)30-22(24(25,26)27)18(13-28-30)23(31)32/h2-13H,14H2,1H3,(H,31,32). The first kappa shape index (κ1) is 22.8. The van der Waals surface area contributed by atoms with E-state index in [0.29, 0.717) is 33.6 Å². The highest BCUT2D eigenvalue weighted by Crippen LogP contribution is 2.34. The summed E-state index contributed by atoms with van der Waals surface area (Å²) >= 11 is 0. The van der Waals surface area contributed by atoms with Gasteiger partial charge in [0, 0.05) is 5.56 Å². The monoisotopic (exact) mass is 469 g/mol. The third-order valence-electron chi connectivity index (χ3n) is 4.94. The summed E-state index contributed by atoms with van der Waals surface area (Å²) in [5.74, 6) is -0.715. The second-order valence-electron chi connectivity index (χ2n) is 7.14. The maximum absolute atomic E-state index is 13.6. The SMILES string of the molecule is COc1ccc(COc2ccccc2-c2cccc(-n3ncc(C(=O)O)c3C(F)(F)F)n2)cc1. The minimum absolute atomic E-state index is 0.178. The summed E-state index contributed by atoms with van der Waals surface area (Å²) in [6, 6.07) is 18.8. The van der Waals surface area contributed by atoms with Gasteiger partial charge in [-0.25, -0.2) is 14.5 Å². The van der Waals surface area contributed by atoms with Crippen LogP contribution in [0.2, 0.25) is 0 Å². The van der Waals surface area contributed by atoms with Gasteiger partial charge >= 0.3 is 12.1 Å². The number of hydrogen-bond acceptors (Lipinski definition) is 5. The lowest BCUT2D eigenvalue weighted by molar-refractivity contribution is -0.143. The Bertz CT molecular complexity index is 1320. The van der Waals surface area contributed by atoms with Crippen LogP contribution in [0.3, 0.4) is 0 Å². The number of nitrogens with zero attached hydrogens (tertiary/aromatic N) is 3. The maximum Gasteiger partial charge on any atom is 0.434 e. The van der Waals surface area contributed by atoms with E-state index in [1.54, 1.807) is 37.4 Å². The topological polar surface area (TPSA) is 86.5 Å². The second-order valence-corrected chi connectivity index (χ2v) is 7.14. The molecule has 2 heterocycles. The molecule has 0 saturated heterocycles. The van der Waals surface area contributed by atoms with Crippen LogP contribution in [0.15, 0.2) is 72.9 Å². The molecule has 0 unspecified atom stereocenters. The van der Waals surface area contributed by atoms with Gasteiger partial charge in [-0.3, -0.25) is 0 Å². The Kier molecular flexibility index (Phi) is 6.22. The molecule has 4 aromatic rings. The summed E-state index contributed by atoms with van der Waals surface area (Å²) in [5, 5.41) is 12.8. The van der Waals surface area contributed by atoms with E-state index in [9.17, 15) is 18.0 Å². The number of carbonyl (C=O) groups is 1. The summed E-state index contributed by atoms with van der Waals surface area (Å²) in [5.41, 5.74) is -0.582. The van der Waals surface area contributed by atoms with Crippen LogP contribution in [0.4, 0.5) is 13.2 Å². The molecule has 0 radical (unpaired) electrons. The highest BCUT2D eigenvalue weighted by atomic mass is 19.4. The lowest BCUT2D eigenvalue weighted by Gasteiger charge is -2.14. The molecule has 0 amide bonds. The molecule has 10 heteroatoms. The Morgan fingerprint density at radius 2 is 1.76 bits per heavy atom. The fourth-order valence-corrected chi connectivity index (χ4v) is 3.33. The summed E-state index contributed by atoms with van der Waals surface area (Å²) in [6.07, 6.45) is -4.29. The van der Waals surface area contributed by atoms with Crippen molar-refractivity contribution in [3.05, 3.63) is 89.7 Å². The predicted molar refractivity (Wildman–Crippen MR) is 116 cm³/mol. The van der Waals surface area contributed by atoms with Gasteiger partial charge in [-0.1, -0.05) is 30.3 Å². The minimum Gasteiger partial charge on any atom is -0.497 e. The zero-order chi connectivity index (χ0) is 24.3. The fourth-order valence-electron chi connectivity index (χ4n) is 3.33. The highest BCUT2D eigenvalue weighted by Gasteiger charge is 2.41. The van der Waals surface area contributed by atoms with E-state index in [0.717, 1.165) is 5.56 Å². The molecule has 34 heavy (non-hydrogen) atoms.